The summed E-state index contributed by atoms with van der Waals surface area (Å²) < 4.78 is 8.95. The van der Waals surface area contributed by atoms with Gasteiger partial charge in [0.15, 0.2) is 5.65 Å². The zero-order valence-corrected chi connectivity index (χ0v) is 19.5. The molecule has 8 nitrogen and oxygen atoms in total. The molecule has 1 amide bonds. The Balaban J connectivity index is 1.82. The number of nitrogens with zero attached hydrogens (tertiary/aromatic N) is 5. The molecule has 0 bridgehead atoms. The van der Waals surface area contributed by atoms with Gasteiger partial charge in [-0.2, -0.15) is 0 Å². The molecule has 0 unspecified atom stereocenters. The number of aryl methyl sites for hydroxylation is 1. The molecule has 0 saturated carbocycles. The van der Waals surface area contributed by atoms with Gasteiger partial charge in [-0.25, -0.2) is 14.6 Å². The number of aromatic nitrogens is 3. The van der Waals surface area contributed by atoms with Crippen LogP contribution in [0.2, 0.25) is 0 Å². The second-order valence-corrected chi connectivity index (χ2v) is 10.5. The SMILES string of the molecule is C[C@H]1CN(c2ccc3c(n2)n(C)c(=O)n3CC(C)(C)C)CCN1C(=O)OC(C)(C)C. The van der Waals surface area contributed by atoms with Crippen molar-refractivity contribution in [2.24, 2.45) is 12.5 Å². The minimum atomic E-state index is -0.508. The van der Waals surface area contributed by atoms with Crippen LogP contribution in [-0.4, -0.2) is 56.4 Å². The summed E-state index contributed by atoms with van der Waals surface area (Å²) >= 11 is 0. The number of amides is 1. The van der Waals surface area contributed by atoms with E-state index in [1.165, 1.54) is 0 Å². The van der Waals surface area contributed by atoms with Crippen LogP contribution >= 0.6 is 0 Å². The molecular formula is C22H35N5O3. The van der Waals surface area contributed by atoms with Crippen LogP contribution in [0.25, 0.3) is 11.2 Å². The first kappa shape index (κ1) is 22.2. The Labute approximate surface area is 178 Å². The van der Waals surface area contributed by atoms with Crippen LogP contribution in [0.4, 0.5) is 10.6 Å². The molecule has 0 aromatic carbocycles. The minimum Gasteiger partial charge on any atom is -0.444 e. The number of piperazine rings is 1. The van der Waals surface area contributed by atoms with Gasteiger partial charge in [0.2, 0.25) is 0 Å². The lowest BCUT2D eigenvalue weighted by Gasteiger charge is -2.40. The van der Waals surface area contributed by atoms with Gasteiger partial charge in [0.05, 0.1) is 5.52 Å². The fraction of sp³-hybridized carbons (Fsp3) is 0.682. The monoisotopic (exact) mass is 417 g/mol. The number of hydrogen-bond acceptors (Lipinski definition) is 5. The average molecular weight is 418 g/mol. The van der Waals surface area contributed by atoms with Crippen LogP contribution < -0.4 is 10.6 Å². The summed E-state index contributed by atoms with van der Waals surface area (Å²) in [7, 11) is 1.77. The molecule has 3 heterocycles. The summed E-state index contributed by atoms with van der Waals surface area (Å²) in [5.74, 6) is 0.821. The van der Waals surface area contributed by atoms with Crippen LogP contribution in [0, 0.1) is 5.41 Å². The van der Waals surface area contributed by atoms with E-state index in [9.17, 15) is 9.59 Å². The number of imidazole rings is 1. The van der Waals surface area contributed by atoms with E-state index < -0.39 is 5.60 Å². The third-order valence-corrected chi connectivity index (χ3v) is 5.18. The second-order valence-electron chi connectivity index (χ2n) is 10.5. The third-order valence-electron chi connectivity index (χ3n) is 5.18. The number of carbonyl (C=O) groups excluding carboxylic acids is 1. The van der Waals surface area contributed by atoms with Gasteiger partial charge in [0, 0.05) is 39.3 Å². The average Bonchev–Trinajstić information content (AvgIpc) is 2.83. The number of ether oxygens (including phenoxy) is 1. The van der Waals surface area contributed by atoms with Crippen molar-refractivity contribution in [3.63, 3.8) is 0 Å². The predicted molar refractivity (Wildman–Crippen MR) is 119 cm³/mol. The zero-order valence-electron chi connectivity index (χ0n) is 19.5. The maximum Gasteiger partial charge on any atom is 0.410 e. The molecule has 2 aromatic heterocycles. The molecule has 8 heteroatoms. The Hall–Kier alpha value is -2.51. The molecule has 166 valence electrons. The Morgan fingerprint density at radius 2 is 1.83 bits per heavy atom. The van der Waals surface area contributed by atoms with Gasteiger partial charge in [0.1, 0.15) is 11.4 Å². The van der Waals surface area contributed by atoms with Gasteiger partial charge in [-0.1, -0.05) is 20.8 Å². The van der Waals surface area contributed by atoms with Crippen molar-refractivity contribution in [3.8, 4) is 0 Å². The van der Waals surface area contributed by atoms with Gasteiger partial charge in [-0.3, -0.25) is 9.13 Å². The summed E-state index contributed by atoms with van der Waals surface area (Å²) in [6.07, 6.45) is -0.278. The zero-order chi connectivity index (χ0) is 22.4. The molecule has 30 heavy (non-hydrogen) atoms. The van der Waals surface area contributed by atoms with Gasteiger partial charge in [-0.05, 0) is 45.2 Å². The summed E-state index contributed by atoms with van der Waals surface area (Å²) in [6.45, 7) is 16.5. The summed E-state index contributed by atoms with van der Waals surface area (Å²) in [5, 5.41) is 0. The molecule has 1 saturated heterocycles. The molecule has 1 atom stereocenters. The number of anilines is 1. The van der Waals surface area contributed by atoms with Gasteiger partial charge < -0.3 is 14.5 Å². The lowest BCUT2D eigenvalue weighted by molar-refractivity contribution is 0.0158. The van der Waals surface area contributed by atoms with Crippen molar-refractivity contribution in [2.45, 2.75) is 66.7 Å². The maximum absolute atomic E-state index is 12.8. The van der Waals surface area contributed by atoms with Gasteiger partial charge >= 0.3 is 11.8 Å². The lowest BCUT2D eigenvalue weighted by atomic mass is 9.97. The Morgan fingerprint density at radius 1 is 1.17 bits per heavy atom. The lowest BCUT2D eigenvalue weighted by Crippen LogP contribution is -2.55. The third kappa shape index (κ3) is 4.63. The van der Waals surface area contributed by atoms with Crippen molar-refractivity contribution in [1.82, 2.24) is 19.0 Å². The number of hydrogen-bond donors (Lipinski definition) is 0. The molecule has 0 aliphatic carbocycles. The highest BCUT2D eigenvalue weighted by Crippen LogP contribution is 2.24. The summed E-state index contributed by atoms with van der Waals surface area (Å²) in [6, 6.07) is 3.95. The van der Waals surface area contributed by atoms with Crippen molar-refractivity contribution < 1.29 is 9.53 Å². The van der Waals surface area contributed by atoms with Crippen molar-refractivity contribution >= 4 is 23.1 Å². The van der Waals surface area contributed by atoms with Crippen molar-refractivity contribution in [2.75, 3.05) is 24.5 Å². The Kier molecular flexibility index (Phi) is 5.64. The first-order valence-corrected chi connectivity index (χ1v) is 10.6. The van der Waals surface area contributed by atoms with Crippen LogP contribution in [0.15, 0.2) is 16.9 Å². The van der Waals surface area contributed by atoms with E-state index in [2.05, 4.69) is 25.7 Å². The number of pyridine rings is 1. The van der Waals surface area contributed by atoms with E-state index in [4.69, 9.17) is 9.72 Å². The van der Waals surface area contributed by atoms with Gasteiger partial charge in [-0.15, -0.1) is 0 Å². The first-order valence-electron chi connectivity index (χ1n) is 10.6. The van der Waals surface area contributed by atoms with Crippen molar-refractivity contribution in [3.05, 3.63) is 22.6 Å². The largest absolute Gasteiger partial charge is 0.444 e. The molecular weight excluding hydrogens is 382 g/mol. The summed E-state index contributed by atoms with van der Waals surface area (Å²) in [4.78, 5) is 34.0. The second kappa shape index (κ2) is 7.63. The highest BCUT2D eigenvalue weighted by atomic mass is 16.6. The molecule has 2 aromatic rings. The van der Waals surface area contributed by atoms with Crippen LogP contribution in [0.3, 0.4) is 0 Å². The fourth-order valence-corrected chi connectivity index (χ4v) is 3.82. The van der Waals surface area contributed by atoms with Crippen LogP contribution in [0.1, 0.15) is 48.5 Å². The first-order chi connectivity index (χ1) is 13.8. The van der Waals surface area contributed by atoms with E-state index in [0.717, 1.165) is 11.3 Å². The van der Waals surface area contributed by atoms with Crippen LogP contribution in [0.5, 0.6) is 0 Å². The fourth-order valence-electron chi connectivity index (χ4n) is 3.82. The number of carbonyl (C=O) groups is 1. The highest BCUT2D eigenvalue weighted by Gasteiger charge is 2.31. The maximum atomic E-state index is 12.8. The predicted octanol–water partition coefficient (Wildman–Crippen LogP) is 3.23. The van der Waals surface area contributed by atoms with Gasteiger partial charge in [0.25, 0.3) is 0 Å². The molecule has 1 aliphatic rings. The Bertz CT molecular complexity index is 993. The smallest absolute Gasteiger partial charge is 0.410 e. The molecule has 0 N–H and O–H groups in total. The van der Waals surface area contributed by atoms with E-state index in [0.29, 0.717) is 31.8 Å². The van der Waals surface area contributed by atoms with E-state index in [1.807, 2.05) is 39.8 Å². The van der Waals surface area contributed by atoms with Crippen molar-refractivity contribution in [1.29, 1.82) is 0 Å². The topological polar surface area (TPSA) is 72.6 Å². The minimum absolute atomic E-state index is 0.000375. The standard InChI is InChI=1S/C22H35N5O3/c1-15-13-25(11-12-26(15)20(29)30-22(5,6)7)17-10-9-16-18(23-17)24(8)19(28)27(16)14-21(2,3)4/h9-10,15H,11-14H2,1-8H3/t15-/m0/s1. The van der Waals surface area contributed by atoms with Crippen LogP contribution in [-0.2, 0) is 18.3 Å². The number of fused-ring (bicyclic) bond motifs is 1. The summed E-state index contributed by atoms with van der Waals surface area (Å²) in [5.41, 5.74) is 0.966. The Morgan fingerprint density at radius 3 is 2.40 bits per heavy atom. The van der Waals surface area contributed by atoms with E-state index in [-0.39, 0.29) is 23.2 Å². The molecule has 0 spiro atoms. The quantitative estimate of drug-likeness (QED) is 0.750. The molecule has 0 radical (unpaired) electrons. The highest BCUT2D eigenvalue weighted by molar-refractivity contribution is 5.74. The normalized spacial score (nSPS) is 18.2. The van der Waals surface area contributed by atoms with E-state index in [1.54, 1.807) is 21.1 Å². The molecule has 1 fully saturated rings. The molecule has 1 aliphatic heterocycles. The molecule has 3 rings (SSSR count). The van der Waals surface area contributed by atoms with E-state index >= 15 is 0 Å². The number of rotatable bonds is 2.